The van der Waals surface area contributed by atoms with Crippen molar-refractivity contribution < 1.29 is 14.2 Å². The molecule has 0 aliphatic rings. The number of thiol groups is 1. The van der Waals surface area contributed by atoms with Crippen molar-refractivity contribution in [1.29, 1.82) is 0 Å². The smallest absolute Gasteiger partial charge is 0.214 e. The number of tetrazole rings is 1. The number of aliphatic hydroxyl groups excluding tert-OH is 1. The Hall–Kier alpha value is -0.430. The number of hydrogen-bond donors (Lipinski definition) is 2. The Balaban J connectivity index is 2.52. The lowest BCUT2D eigenvalue weighted by Crippen LogP contribution is -1.99. The molecule has 1 atom stereocenters. The van der Waals surface area contributed by atoms with Crippen molar-refractivity contribution in [3.8, 4) is 0 Å². The third-order valence-corrected chi connectivity index (χ3v) is 2.35. The summed E-state index contributed by atoms with van der Waals surface area (Å²) in [6.45, 7) is -0.568. The molecule has 1 aromatic heterocycles. The molecule has 0 aliphatic carbocycles. The van der Waals surface area contributed by atoms with E-state index in [1.807, 2.05) is 0 Å². The molecule has 1 unspecified atom stereocenters. The predicted molar refractivity (Wildman–Crippen MR) is 42.2 cm³/mol. The summed E-state index contributed by atoms with van der Waals surface area (Å²) in [6.07, 6.45) is 0.0249. The van der Waals surface area contributed by atoms with Crippen LogP contribution in [-0.4, -0.2) is 32.1 Å². The molecule has 7 nitrogen and oxygen atoms in total. The molecular formula is C3H7N4O3PS. The van der Waals surface area contributed by atoms with Crippen LogP contribution in [0.15, 0.2) is 5.16 Å². The minimum absolute atomic E-state index is 0.0249. The zero-order valence-electron chi connectivity index (χ0n) is 5.91. The van der Waals surface area contributed by atoms with E-state index < -0.39 is 14.8 Å². The molecule has 0 saturated heterocycles. The summed E-state index contributed by atoms with van der Waals surface area (Å²) in [5.74, 6) is 0. The Morgan fingerprint density at radius 1 is 1.75 bits per heavy atom. The molecule has 0 radical (unpaired) electrons. The van der Waals surface area contributed by atoms with Crippen LogP contribution in [0, 0.1) is 0 Å². The maximum absolute atomic E-state index is 10.9. The predicted octanol–water partition coefficient (Wildman–Crippen LogP) is -0.640. The molecule has 9 heteroatoms. The van der Waals surface area contributed by atoms with Crippen LogP contribution in [0.4, 0.5) is 0 Å². The monoisotopic (exact) mass is 210 g/mol. The largest absolute Gasteiger partial charge is 0.370 e. The summed E-state index contributed by atoms with van der Waals surface area (Å²) in [6, 6.07) is 0. The second-order valence-electron chi connectivity index (χ2n) is 1.78. The van der Waals surface area contributed by atoms with Gasteiger partial charge in [-0.25, -0.2) is 4.68 Å². The van der Waals surface area contributed by atoms with E-state index in [1.165, 1.54) is 4.68 Å². The van der Waals surface area contributed by atoms with Gasteiger partial charge >= 0.3 is 0 Å². The minimum atomic E-state index is -2.31. The van der Waals surface area contributed by atoms with Crippen molar-refractivity contribution in [2.45, 2.75) is 11.4 Å². The van der Waals surface area contributed by atoms with Gasteiger partial charge in [-0.05, 0) is 10.4 Å². The highest BCUT2D eigenvalue weighted by Gasteiger charge is 2.05. The lowest BCUT2D eigenvalue weighted by molar-refractivity contribution is 0.105. The maximum atomic E-state index is 10.9. The van der Waals surface area contributed by atoms with Gasteiger partial charge in [0.25, 0.3) is 0 Å². The first-order chi connectivity index (χ1) is 5.74. The number of hydrogen-bond acceptors (Lipinski definition) is 7. The SMILES string of the molecule is O=[PH](Cn1nnnc1S)OCO. The quantitative estimate of drug-likeness (QED) is 0.390. The fraction of sp³-hybridized carbons (Fsp3) is 0.667. The first-order valence-electron chi connectivity index (χ1n) is 2.95. The van der Waals surface area contributed by atoms with Crippen molar-refractivity contribution >= 4 is 20.7 Å². The third-order valence-electron chi connectivity index (χ3n) is 1.02. The van der Waals surface area contributed by atoms with Crippen LogP contribution in [0.5, 0.6) is 0 Å². The molecule has 0 bridgehead atoms. The van der Waals surface area contributed by atoms with Gasteiger partial charge < -0.3 is 9.63 Å². The highest BCUT2D eigenvalue weighted by atomic mass is 32.1. The molecule has 1 heterocycles. The Labute approximate surface area is 74.0 Å². The molecule has 0 saturated carbocycles. The number of aliphatic hydroxyl groups is 1. The molecule has 12 heavy (non-hydrogen) atoms. The average Bonchev–Trinajstić information content (AvgIpc) is 2.37. The van der Waals surface area contributed by atoms with Crippen LogP contribution < -0.4 is 0 Å². The second kappa shape index (κ2) is 4.56. The van der Waals surface area contributed by atoms with Crippen LogP contribution in [0.2, 0.25) is 0 Å². The molecule has 1 aromatic rings. The van der Waals surface area contributed by atoms with Gasteiger partial charge in [0.2, 0.25) is 13.2 Å². The van der Waals surface area contributed by atoms with Gasteiger partial charge in [0.15, 0.2) is 6.79 Å². The molecule has 0 aromatic carbocycles. The zero-order valence-corrected chi connectivity index (χ0v) is 7.81. The number of nitrogens with zero attached hydrogens (tertiary/aromatic N) is 4. The molecule has 0 spiro atoms. The van der Waals surface area contributed by atoms with Crippen molar-refractivity contribution in [1.82, 2.24) is 20.2 Å². The topological polar surface area (TPSA) is 90.1 Å². The lowest BCUT2D eigenvalue weighted by Gasteiger charge is -2.00. The number of aromatic nitrogens is 4. The van der Waals surface area contributed by atoms with Gasteiger partial charge in [0.05, 0.1) is 0 Å². The van der Waals surface area contributed by atoms with Crippen molar-refractivity contribution in [2.75, 3.05) is 6.79 Å². The van der Waals surface area contributed by atoms with E-state index in [0.29, 0.717) is 0 Å². The van der Waals surface area contributed by atoms with Crippen LogP contribution in [-0.2, 0) is 15.4 Å². The van der Waals surface area contributed by atoms with E-state index >= 15 is 0 Å². The fourth-order valence-electron chi connectivity index (χ4n) is 0.542. The maximum Gasteiger partial charge on any atom is 0.214 e. The Morgan fingerprint density at radius 3 is 3.00 bits per heavy atom. The Kier molecular flexibility index (Phi) is 3.67. The van der Waals surface area contributed by atoms with Gasteiger partial charge in [0.1, 0.15) is 6.29 Å². The van der Waals surface area contributed by atoms with Crippen molar-refractivity contribution in [3.63, 3.8) is 0 Å². The van der Waals surface area contributed by atoms with E-state index in [-0.39, 0.29) is 11.4 Å². The summed E-state index contributed by atoms with van der Waals surface area (Å²) < 4.78 is 16.6. The Bertz CT molecular complexity index is 278. The van der Waals surface area contributed by atoms with Crippen LogP contribution in [0.3, 0.4) is 0 Å². The van der Waals surface area contributed by atoms with Gasteiger partial charge in [-0.15, -0.1) is 17.7 Å². The van der Waals surface area contributed by atoms with Gasteiger partial charge in [-0.2, -0.15) is 0 Å². The van der Waals surface area contributed by atoms with E-state index in [2.05, 4.69) is 32.7 Å². The highest BCUT2D eigenvalue weighted by Crippen LogP contribution is 2.23. The van der Waals surface area contributed by atoms with E-state index in [0.717, 1.165) is 0 Å². The molecule has 0 aliphatic heterocycles. The normalized spacial score (nSPS) is 13.2. The minimum Gasteiger partial charge on any atom is -0.370 e. The van der Waals surface area contributed by atoms with Crippen molar-refractivity contribution in [3.05, 3.63) is 0 Å². The molecule has 1 N–H and O–H groups in total. The third kappa shape index (κ3) is 2.56. The molecular weight excluding hydrogens is 203 g/mol. The summed E-state index contributed by atoms with van der Waals surface area (Å²) in [5.41, 5.74) is 0. The standard InChI is InChI=1S/C3H7N4O3PS/c8-2-10-11(9)1-7-3(12)4-5-6-7/h8,11H,1-2H2,(H,4,6,12). The van der Waals surface area contributed by atoms with Crippen LogP contribution >= 0.6 is 20.7 Å². The lowest BCUT2D eigenvalue weighted by atomic mass is 11.2. The summed E-state index contributed by atoms with van der Waals surface area (Å²) in [5, 5.41) is 18.7. The molecule has 68 valence electrons. The Morgan fingerprint density at radius 2 is 2.50 bits per heavy atom. The van der Waals surface area contributed by atoms with E-state index in [1.54, 1.807) is 0 Å². The van der Waals surface area contributed by atoms with Crippen molar-refractivity contribution in [2.24, 2.45) is 0 Å². The molecule has 1 rings (SSSR count). The fourth-order valence-corrected chi connectivity index (χ4v) is 1.52. The van der Waals surface area contributed by atoms with Crippen LogP contribution in [0.1, 0.15) is 0 Å². The first kappa shape index (κ1) is 9.66. The molecule has 0 amide bonds. The second-order valence-corrected chi connectivity index (χ2v) is 3.53. The van der Waals surface area contributed by atoms with Crippen LogP contribution in [0.25, 0.3) is 0 Å². The summed E-state index contributed by atoms with van der Waals surface area (Å²) in [4.78, 5) is 0. The first-order valence-corrected chi connectivity index (χ1v) is 4.92. The van der Waals surface area contributed by atoms with Gasteiger partial charge in [-0.1, -0.05) is 0 Å². The van der Waals surface area contributed by atoms with E-state index in [4.69, 9.17) is 5.11 Å². The van der Waals surface area contributed by atoms with E-state index in [9.17, 15) is 4.57 Å². The zero-order chi connectivity index (χ0) is 8.97. The van der Waals surface area contributed by atoms with Gasteiger partial charge in [0, 0.05) is 0 Å². The summed E-state index contributed by atoms with van der Waals surface area (Å²) >= 11 is 3.88. The van der Waals surface area contributed by atoms with Gasteiger partial charge in [-0.3, -0.25) is 4.57 Å². The molecule has 0 fully saturated rings. The summed E-state index contributed by atoms with van der Waals surface area (Å²) in [7, 11) is -2.31. The average molecular weight is 210 g/mol. The highest BCUT2D eigenvalue weighted by molar-refractivity contribution is 7.80. The number of rotatable bonds is 4.